The van der Waals surface area contributed by atoms with E-state index in [1.54, 1.807) is 6.92 Å². The molecule has 1 rings (SSSR count). The molecule has 1 amide bonds. The molecule has 0 atom stereocenters. The first-order chi connectivity index (χ1) is 6.61. The van der Waals surface area contributed by atoms with Gasteiger partial charge in [0.05, 0.1) is 0 Å². The number of benzene rings is 1. The summed E-state index contributed by atoms with van der Waals surface area (Å²) in [6.45, 7) is 2.09. The number of amides is 1. The molecule has 0 saturated carbocycles. The molecule has 76 valence electrons. The lowest BCUT2D eigenvalue weighted by molar-refractivity contribution is 0.201. The van der Waals surface area contributed by atoms with Crippen molar-refractivity contribution in [3.8, 4) is 5.75 Å². The lowest BCUT2D eigenvalue weighted by atomic mass is 10.3. The predicted octanol–water partition coefficient (Wildman–Crippen LogP) is 2.07. The smallest absolute Gasteiger partial charge is 0.410 e. The van der Waals surface area contributed by atoms with Crippen molar-refractivity contribution in [1.29, 1.82) is 0 Å². The molecule has 5 heteroatoms. The van der Waals surface area contributed by atoms with E-state index < -0.39 is 17.7 Å². The first kappa shape index (κ1) is 10.4. The third-order valence-electron chi connectivity index (χ3n) is 1.37. The first-order valence-corrected chi connectivity index (χ1v) is 4.03. The molecular formula is C9H9F2NO2. The van der Waals surface area contributed by atoms with Gasteiger partial charge in [-0.05, 0) is 6.92 Å². The molecule has 0 bridgehead atoms. The molecule has 1 aromatic rings. The van der Waals surface area contributed by atoms with Crippen molar-refractivity contribution >= 4 is 6.09 Å². The predicted molar refractivity (Wildman–Crippen MR) is 46.1 cm³/mol. The van der Waals surface area contributed by atoms with Gasteiger partial charge in [0.2, 0.25) is 0 Å². The Kier molecular flexibility index (Phi) is 3.39. The number of halogens is 2. The van der Waals surface area contributed by atoms with Gasteiger partial charge in [-0.2, -0.15) is 0 Å². The average Bonchev–Trinajstić information content (AvgIpc) is 2.01. The number of hydrogen-bond donors (Lipinski definition) is 1. The normalized spacial score (nSPS) is 9.64. The number of rotatable bonds is 2. The van der Waals surface area contributed by atoms with E-state index in [1.807, 2.05) is 0 Å². The molecule has 3 nitrogen and oxygen atoms in total. The lowest BCUT2D eigenvalue weighted by Gasteiger charge is -2.04. The summed E-state index contributed by atoms with van der Waals surface area (Å²) in [5.41, 5.74) is 0. The van der Waals surface area contributed by atoms with Crippen LogP contribution < -0.4 is 10.1 Å². The fourth-order valence-corrected chi connectivity index (χ4v) is 0.875. The Labute approximate surface area is 79.7 Å². The van der Waals surface area contributed by atoms with E-state index in [0.29, 0.717) is 12.6 Å². The quantitative estimate of drug-likeness (QED) is 0.795. The van der Waals surface area contributed by atoms with Crippen LogP contribution in [0.1, 0.15) is 6.92 Å². The van der Waals surface area contributed by atoms with Gasteiger partial charge in [-0.15, -0.1) is 0 Å². The van der Waals surface area contributed by atoms with Crippen molar-refractivity contribution in [2.75, 3.05) is 6.54 Å². The maximum absolute atomic E-state index is 12.6. The summed E-state index contributed by atoms with van der Waals surface area (Å²) in [6, 6.07) is 2.56. The van der Waals surface area contributed by atoms with Gasteiger partial charge in [0.25, 0.3) is 0 Å². The molecule has 0 unspecified atom stereocenters. The van der Waals surface area contributed by atoms with Gasteiger partial charge >= 0.3 is 6.09 Å². The van der Waals surface area contributed by atoms with E-state index in [4.69, 9.17) is 0 Å². The van der Waals surface area contributed by atoms with Crippen LogP contribution in [-0.4, -0.2) is 12.6 Å². The minimum atomic E-state index is -0.788. The van der Waals surface area contributed by atoms with Crippen LogP contribution in [0.3, 0.4) is 0 Å². The Morgan fingerprint density at radius 3 is 2.43 bits per heavy atom. The summed E-state index contributed by atoms with van der Waals surface area (Å²) in [6.07, 6.45) is -0.738. The second-order valence-corrected chi connectivity index (χ2v) is 2.53. The van der Waals surface area contributed by atoms with Crippen LogP contribution >= 0.6 is 0 Å². The zero-order chi connectivity index (χ0) is 10.6. The first-order valence-electron chi connectivity index (χ1n) is 4.03. The molecule has 1 N–H and O–H groups in total. The third kappa shape index (κ3) is 3.01. The van der Waals surface area contributed by atoms with E-state index in [-0.39, 0.29) is 5.75 Å². The molecule has 0 aliphatic rings. The zero-order valence-corrected chi connectivity index (χ0v) is 7.51. The SMILES string of the molecule is CCNC(=O)Oc1cc(F)cc(F)c1. The van der Waals surface area contributed by atoms with Crippen LogP contribution in [0.2, 0.25) is 0 Å². The van der Waals surface area contributed by atoms with Crippen molar-refractivity contribution in [2.24, 2.45) is 0 Å². The number of hydrogen-bond acceptors (Lipinski definition) is 2. The molecule has 0 fully saturated rings. The standard InChI is InChI=1S/C9H9F2NO2/c1-2-12-9(13)14-8-4-6(10)3-7(11)5-8/h3-5H,2H2,1H3,(H,12,13). The van der Waals surface area contributed by atoms with Crippen LogP contribution in [0.25, 0.3) is 0 Å². The highest BCUT2D eigenvalue weighted by Gasteiger charge is 2.05. The van der Waals surface area contributed by atoms with Gasteiger partial charge in [-0.25, -0.2) is 13.6 Å². The number of carbonyl (C=O) groups is 1. The Balaban J connectivity index is 2.71. The van der Waals surface area contributed by atoms with Crippen molar-refractivity contribution in [1.82, 2.24) is 5.32 Å². The van der Waals surface area contributed by atoms with E-state index in [2.05, 4.69) is 10.1 Å². The zero-order valence-electron chi connectivity index (χ0n) is 7.51. The van der Waals surface area contributed by atoms with E-state index >= 15 is 0 Å². The second kappa shape index (κ2) is 4.55. The second-order valence-electron chi connectivity index (χ2n) is 2.53. The summed E-state index contributed by atoms with van der Waals surface area (Å²) in [4.78, 5) is 10.9. The highest BCUT2D eigenvalue weighted by atomic mass is 19.1. The molecule has 0 aliphatic carbocycles. The van der Waals surface area contributed by atoms with Crippen LogP contribution in [-0.2, 0) is 0 Å². The van der Waals surface area contributed by atoms with Crippen molar-refractivity contribution in [3.05, 3.63) is 29.8 Å². The maximum Gasteiger partial charge on any atom is 0.412 e. The lowest BCUT2D eigenvalue weighted by Crippen LogP contribution is -2.26. The Morgan fingerprint density at radius 1 is 1.36 bits per heavy atom. The molecule has 0 spiro atoms. The summed E-state index contributed by atoms with van der Waals surface area (Å²) in [5, 5.41) is 2.33. The molecule has 0 heterocycles. The summed E-state index contributed by atoms with van der Waals surface area (Å²) in [7, 11) is 0. The Bertz CT molecular complexity index is 321. The molecular weight excluding hydrogens is 192 g/mol. The van der Waals surface area contributed by atoms with E-state index in [9.17, 15) is 13.6 Å². The van der Waals surface area contributed by atoms with Gasteiger partial charge < -0.3 is 10.1 Å². The summed E-state index contributed by atoms with van der Waals surface area (Å²) in [5.74, 6) is -1.73. The number of ether oxygens (including phenoxy) is 1. The number of nitrogens with one attached hydrogen (secondary N) is 1. The van der Waals surface area contributed by atoms with Crippen molar-refractivity contribution in [2.45, 2.75) is 6.92 Å². The Hall–Kier alpha value is -1.65. The van der Waals surface area contributed by atoms with Crippen LogP contribution in [0, 0.1) is 11.6 Å². The maximum atomic E-state index is 12.6. The summed E-state index contributed by atoms with van der Waals surface area (Å²) < 4.78 is 29.8. The van der Waals surface area contributed by atoms with Crippen LogP contribution in [0.15, 0.2) is 18.2 Å². The van der Waals surface area contributed by atoms with Crippen molar-refractivity contribution < 1.29 is 18.3 Å². The van der Waals surface area contributed by atoms with Gasteiger partial charge in [0.1, 0.15) is 17.4 Å². The highest BCUT2D eigenvalue weighted by Crippen LogP contribution is 2.15. The molecule has 1 aromatic carbocycles. The molecule has 14 heavy (non-hydrogen) atoms. The average molecular weight is 201 g/mol. The number of carbonyl (C=O) groups excluding carboxylic acids is 1. The fraction of sp³-hybridized carbons (Fsp3) is 0.222. The minimum absolute atomic E-state index is 0.159. The minimum Gasteiger partial charge on any atom is -0.410 e. The monoisotopic (exact) mass is 201 g/mol. The van der Waals surface area contributed by atoms with Crippen molar-refractivity contribution in [3.63, 3.8) is 0 Å². The molecule has 0 radical (unpaired) electrons. The van der Waals surface area contributed by atoms with Gasteiger partial charge in [-0.3, -0.25) is 0 Å². The Morgan fingerprint density at radius 2 is 1.93 bits per heavy atom. The highest BCUT2D eigenvalue weighted by molar-refractivity contribution is 5.70. The fourth-order valence-electron chi connectivity index (χ4n) is 0.875. The van der Waals surface area contributed by atoms with Gasteiger partial charge in [-0.1, -0.05) is 0 Å². The largest absolute Gasteiger partial charge is 0.412 e. The summed E-state index contributed by atoms with van der Waals surface area (Å²) >= 11 is 0. The van der Waals surface area contributed by atoms with E-state index in [0.717, 1.165) is 12.1 Å². The third-order valence-corrected chi connectivity index (χ3v) is 1.37. The van der Waals surface area contributed by atoms with Crippen LogP contribution in [0.5, 0.6) is 5.75 Å². The van der Waals surface area contributed by atoms with Gasteiger partial charge in [0.15, 0.2) is 0 Å². The topological polar surface area (TPSA) is 38.3 Å². The van der Waals surface area contributed by atoms with Gasteiger partial charge in [0, 0.05) is 24.7 Å². The molecule has 0 saturated heterocycles. The van der Waals surface area contributed by atoms with E-state index in [1.165, 1.54) is 0 Å². The molecule has 0 aliphatic heterocycles. The molecule has 0 aromatic heterocycles. The van der Waals surface area contributed by atoms with Crippen LogP contribution in [0.4, 0.5) is 13.6 Å².